The van der Waals surface area contributed by atoms with Crippen LogP contribution >= 0.6 is 11.3 Å². The predicted octanol–water partition coefficient (Wildman–Crippen LogP) is 4.67. The number of hydrogen-bond donors (Lipinski definition) is 1. The van der Waals surface area contributed by atoms with E-state index in [9.17, 15) is 28.1 Å². The molecule has 0 aliphatic heterocycles. The zero-order valence-corrected chi connectivity index (χ0v) is 15.6. The van der Waals surface area contributed by atoms with Gasteiger partial charge in [0.05, 0.1) is 10.5 Å². The zero-order valence-electron chi connectivity index (χ0n) is 14.7. The van der Waals surface area contributed by atoms with Crippen molar-refractivity contribution in [2.75, 3.05) is 11.9 Å². The van der Waals surface area contributed by atoms with E-state index in [0.717, 1.165) is 30.5 Å². The molecule has 3 rings (SSSR count). The Labute approximate surface area is 163 Å². The topological polar surface area (TPSA) is 75.5 Å². The van der Waals surface area contributed by atoms with Gasteiger partial charge in [0.2, 0.25) is 5.91 Å². The number of alkyl halides is 3. The molecule has 0 radical (unpaired) electrons. The molecule has 0 spiro atoms. The third-order valence-electron chi connectivity index (χ3n) is 4.42. The first-order valence-corrected chi connectivity index (χ1v) is 9.60. The Hall–Kier alpha value is -2.62. The Bertz CT molecular complexity index is 852. The first-order valence-electron chi connectivity index (χ1n) is 8.66. The fourth-order valence-electron chi connectivity index (χ4n) is 2.84. The maximum Gasteiger partial charge on any atom is 0.416 e. The molecule has 1 aromatic carbocycles. The number of thiophene rings is 1. The van der Waals surface area contributed by atoms with Gasteiger partial charge in [-0.15, -0.1) is 0 Å². The van der Waals surface area contributed by atoms with Crippen molar-refractivity contribution in [2.24, 2.45) is 0 Å². The number of carbonyl (C=O) groups is 1. The van der Waals surface area contributed by atoms with E-state index in [4.69, 9.17) is 0 Å². The van der Waals surface area contributed by atoms with Crippen LogP contribution in [0.5, 0.6) is 0 Å². The quantitative estimate of drug-likeness (QED) is 0.504. The lowest BCUT2D eigenvalue weighted by Gasteiger charge is -2.22. The maximum absolute atomic E-state index is 12.8. The van der Waals surface area contributed by atoms with E-state index >= 15 is 0 Å². The summed E-state index contributed by atoms with van der Waals surface area (Å²) in [5.74, 6) is -0.0873. The molecular weight excluding hydrogens is 395 g/mol. The number of nitrogens with zero attached hydrogens (tertiary/aromatic N) is 2. The SMILES string of the molecule is O=C(CCNc1ccc(C(F)(F)F)cc1[N+](=O)[O-])N(Cc1ccsc1)C1CC1. The summed E-state index contributed by atoms with van der Waals surface area (Å²) >= 11 is 1.55. The number of benzene rings is 1. The third-order valence-corrected chi connectivity index (χ3v) is 5.15. The fourth-order valence-corrected chi connectivity index (χ4v) is 3.50. The minimum Gasteiger partial charge on any atom is -0.379 e. The second kappa shape index (κ2) is 8.17. The number of rotatable bonds is 8. The molecule has 0 saturated heterocycles. The highest BCUT2D eigenvalue weighted by Gasteiger charge is 2.34. The van der Waals surface area contributed by atoms with Crippen LogP contribution in [0.3, 0.4) is 0 Å². The smallest absolute Gasteiger partial charge is 0.379 e. The summed E-state index contributed by atoms with van der Waals surface area (Å²) in [5.41, 5.74) is -0.741. The molecule has 10 heteroatoms. The molecule has 0 unspecified atom stereocenters. The van der Waals surface area contributed by atoms with Gasteiger partial charge in [-0.1, -0.05) is 0 Å². The summed E-state index contributed by atoms with van der Waals surface area (Å²) in [6, 6.07) is 4.47. The Morgan fingerprint density at radius 3 is 2.64 bits per heavy atom. The molecule has 0 atom stereocenters. The van der Waals surface area contributed by atoms with Gasteiger partial charge in [-0.2, -0.15) is 24.5 Å². The van der Waals surface area contributed by atoms with Crippen LogP contribution in [0.15, 0.2) is 35.0 Å². The molecule has 1 aromatic heterocycles. The van der Waals surface area contributed by atoms with Gasteiger partial charge in [0, 0.05) is 31.6 Å². The molecular formula is C18H18F3N3O3S. The van der Waals surface area contributed by atoms with E-state index < -0.39 is 22.4 Å². The maximum atomic E-state index is 12.8. The summed E-state index contributed by atoms with van der Waals surface area (Å²) in [4.78, 5) is 24.6. The summed E-state index contributed by atoms with van der Waals surface area (Å²) in [7, 11) is 0. The predicted molar refractivity (Wildman–Crippen MR) is 99.1 cm³/mol. The first-order chi connectivity index (χ1) is 13.3. The second-order valence-electron chi connectivity index (χ2n) is 6.55. The number of halogens is 3. The van der Waals surface area contributed by atoms with Crippen molar-refractivity contribution in [3.63, 3.8) is 0 Å². The number of nitro groups is 1. The van der Waals surface area contributed by atoms with Crippen LogP contribution in [0.4, 0.5) is 24.5 Å². The summed E-state index contributed by atoms with van der Waals surface area (Å²) in [5, 5.41) is 17.7. The molecule has 1 aliphatic rings. The standard InChI is InChI=1S/C18H18F3N3O3S/c19-18(20,21)13-1-4-15(16(9-13)24(26)27)22-7-5-17(25)23(14-2-3-14)10-12-6-8-28-11-12/h1,4,6,8-9,11,14,22H,2-3,5,7,10H2. The molecule has 1 fully saturated rings. The normalized spacial score (nSPS) is 14.0. The van der Waals surface area contributed by atoms with Gasteiger partial charge in [-0.25, -0.2) is 0 Å². The molecule has 1 N–H and O–H groups in total. The third kappa shape index (κ3) is 5.00. The van der Waals surface area contributed by atoms with Crippen molar-refractivity contribution < 1.29 is 22.9 Å². The number of carbonyl (C=O) groups excluding carboxylic acids is 1. The fraction of sp³-hybridized carbons (Fsp3) is 0.389. The lowest BCUT2D eigenvalue weighted by Crippen LogP contribution is -2.33. The lowest BCUT2D eigenvalue weighted by atomic mass is 10.1. The largest absolute Gasteiger partial charge is 0.416 e. The van der Waals surface area contributed by atoms with Crippen molar-refractivity contribution in [3.8, 4) is 0 Å². The molecule has 6 nitrogen and oxygen atoms in total. The molecule has 150 valence electrons. The van der Waals surface area contributed by atoms with Gasteiger partial charge in [0.25, 0.3) is 5.69 Å². The van der Waals surface area contributed by atoms with Gasteiger partial charge < -0.3 is 10.2 Å². The van der Waals surface area contributed by atoms with Gasteiger partial charge in [-0.05, 0) is 47.4 Å². The van der Waals surface area contributed by atoms with E-state index in [1.807, 2.05) is 16.8 Å². The van der Waals surface area contributed by atoms with Crippen molar-refractivity contribution in [2.45, 2.75) is 38.0 Å². The van der Waals surface area contributed by atoms with Gasteiger partial charge in [0.15, 0.2) is 0 Å². The van der Waals surface area contributed by atoms with Crippen molar-refractivity contribution >= 4 is 28.6 Å². The van der Waals surface area contributed by atoms with Crippen LogP contribution in [-0.4, -0.2) is 28.3 Å². The Morgan fingerprint density at radius 2 is 2.07 bits per heavy atom. The molecule has 1 saturated carbocycles. The van der Waals surface area contributed by atoms with Crippen LogP contribution in [0, 0.1) is 10.1 Å². The zero-order chi connectivity index (χ0) is 20.3. The van der Waals surface area contributed by atoms with E-state index in [1.165, 1.54) is 0 Å². The molecule has 1 heterocycles. The number of hydrogen-bond acceptors (Lipinski definition) is 5. The van der Waals surface area contributed by atoms with Gasteiger partial charge in [-0.3, -0.25) is 14.9 Å². The lowest BCUT2D eigenvalue weighted by molar-refractivity contribution is -0.384. The Balaban J connectivity index is 1.62. The molecule has 2 aromatic rings. The highest BCUT2D eigenvalue weighted by atomic mass is 32.1. The molecule has 1 amide bonds. The molecule has 1 aliphatic carbocycles. The minimum absolute atomic E-state index is 0.0402. The van der Waals surface area contributed by atoms with Crippen molar-refractivity contribution in [3.05, 3.63) is 56.3 Å². The summed E-state index contributed by atoms with van der Waals surface area (Å²) in [6.45, 7) is 0.616. The van der Waals surface area contributed by atoms with E-state index in [2.05, 4.69) is 5.32 Å². The summed E-state index contributed by atoms with van der Waals surface area (Å²) < 4.78 is 38.3. The van der Waals surface area contributed by atoms with Crippen LogP contribution in [-0.2, 0) is 17.5 Å². The van der Waals surface area contributed by atoms with Crippen molar-refractivity contribution in [1.82, 2.24) is 4.90 Å². The van der Waals surface area contributed by atoms with Crippen LogP contribution < -0.4 is 5.32 Å². The highest BCUT2D eigenvalue weighted by Crippen LogP contribution is 2.35. The Kier molecular flexibility index (Phi) is 5.87. The molecule has 28 heavy (non-hydrogen) atoms. The highest BCUT2D eigenvalue weighted by molar-refractivity contribution is 7.07. The summed E-state index contributed by atoms with van der Waals surface area (Å²) in [6.07, 6.45) is -2.66. The number of nitrogens with one attached hydrogen (secondary N) is 1. The van der Waals surface area contributed by atoms with Gasteiger partial charge >= 0.3 is 6.18 Å². The van der Waals surface area contributed by atoms with E-state index in [0.29, 0.717) is 12.6 Å². The van der Waals surface area contributed by atoms with Crippen LogP contribution in [0.25, 0.3) is 0 Å². The average Bonchev–Trinajstić information content (AvgIpc) is 3.34. The van der Waals surface area contributed by atoms with E-state index in [-0.39, 0.29) is 30.6 Å². The number of anilines is 1. The van der Waals surface area contributed by atoms with Crippen molar-refractivity contribution in [1.29, 1.82) is 0 Å². The van der Waals surface area contributed by atoms with Crippen LogP contribution in [0.1, 0.15) is 30.4 Å². The van der Waals surface area contributed by atoms with Gasteiger partial charge in [0.1, 0.15) is 5.69 Å². The van der Waals surface area contributed by atoms with E-state index in [1.54, 1.807) is 16.2 Å². The van der Waals surface area contributed by atoms with Crippen LogP contribution in [0.2, 0.25) is 0 Å². The number of amides is 1. The molecule has 0 bridgehead atoms. The Morgan fingerprint density at radius 1 is 1.32 bits per heavy atom. The second-order valence-corrected chi connectivity index (χ2v) is 7.33. The minimum atomic E-state index is -4.66. The average molecular weight is 413 g/mol. The first kappa shape index (κ1) is 20.1. The monoisotopic (exact) mass is 413 g/mol. The number of nitro benzene ring substituents is 1.